The average Bonchev–Trinajstić information content (AvgIpc) is 2.52. The van der Waals surface area contributed by atoms with Gasteiger partial charge in [0.1, 0.15) is 0 Å². The molecule has 112 valence electrons. The van der Waals surface area contributed by atoms with Crippen LogP contribution in [0.5, 0.6) is 0 Å². The Kier molecular flexibility index (Phi) is 4.81. The summed E-state index contributed by atoms with van der Waals surface area (Å²) in [4.78, 5) is 35.2. The van der Waals surface area contributed by atoms with Gasteiger partial charge in [-0.1, -0.05) is 18.2 Å². The van der Waals surface area contributed by atoms with Crippen LogP contribution in [0.1, 0.15) is 11.1 Å². The second-order valence-electron chi connectivity index (χ2n) is 4.46. The average molecular weight is 299 g/mol. The van der Waals surface area contributed by atoms with Gasteiger partial charge in [-0.3, -0.25) is 19.7 Å². The Bertz CT molecular complexity index is 760. The predicted molar refractivity (Wildman–Crippen MR) is 81.0 cm³/mol. The summed E-state index contributed by atoms with van der Waals surface area (Å²) in [6, 6.07) is 8.97. The molecule has 7 heteroatoms. The number of amides is 1. The summed E-state index contributed by atoms with van der Waals surface area (Å²) < 4.78 is 0. The SMILES string of the molecule is O=C(/C=C/c1cccc([N+](=O)[O-])c1)NCc1ccc(=O)[nH]c1. The first-order valence-corrected chi connectivity index (χ1v) is 6.42. The molecule has 1 aromatic carbocycles. The van der Waals surface area contributed by atoms with Crippen molar-refractivity contribution < 1.29 is 9.72 Å². The van der Waals surface area contributed by atoms with E-state index in [1.807, 2.05) is 0 Å². The zero-order chi connectivity index (χ0) is 15.9. The number of nitrogens with zero attached hydrogens (tertiary/aromatic N) is 1. The van der Waals surface area contributed by atoms with Crippen molar-refractivity contribution in [2.24, 2.45) is 0 Å². The van der Waals surface area contributed by atoms with Gasteiger partial charge in [0.05, 0.1) is 4.92 Å². The van der Waals surface area contributed by atoms with Gasteiger partial charge in [-0.15, -0.1) is 0 Å². The topological polar surface area (TPSA) is 105 Å². The maximum absolute atomic E-state index is 11.7. The van der Waals surface area contributed by atoms with Crippen LogP contribution in [0.15, 0.2) is 53.5 Å². The highest BCUT2D eigenvalue weighted by molar-refractivity contribution is 5.91. The van der Waals surface area contributed by atoms with E-state index in [4.69, 9.17) is 0 Å². The van der Waals surface area contributed by atoms with Crippen LogP contribution in [0.4, 0.5) is 5.69 Å². The first-order chi connectivity index (χ1) is 10.5. The van der Waals surface area contributed by atoms with E-state index in [1.165, 1.54) is 36.5 Å². The minimum absolute atomic E-state index is 0.0317. The molecular weight excluding hydrogens is 286 g/mol. The number of aromatic amines is 1. The first kappa shape index (κ1) is 15.2. The molecule has 2 aromatic rings. The Morgan fingerprint density at radius 2 is 2.14 bits per heavy atom. The van der Waals surface area contributed by atoms with Crippen molar-refractivity contribution in [1.82, 2.24) is 10.3 Å². The molecule has 0 bridgehead atoms. The summed E-state index contributed by atoms with van der Waals surface area (Å²) in [5.41, 5.74) is 1.08. The van der Waals surface area contributed by atoms with Crippen molar-refractivity contribution in [1.29, 1.82) is 0 Å². The number of carbonyl (C=O) groups excluding carboxylic acids is 1. The van der Waals surface area contributed by atoms with E-state index in [2.05, 4.69) is 10.3 Å². The second-order valence-corrected chi connectivity index (χ2v) is 4.46. The predicted octanol–water partition coefficient (Wildman–Crippen LogP) is 1.61. The Labute approximate surface area is 125 Å². The maximum atomic E-state index is 11.7. The molecule has 22 heavy (non-hydrogen) atoms. The van der Waals surface area contributed by atoms with Gasteiger partial charge in [-0.25, -0.2) is 0 Å². The van der Waals surface area contributed by atoms with Crippen molar-refractivity contribution in [2.45, 2.75) is 6.54 Å². The van der Waals surface area contributed by atoms with Crippen LogP contribution < -0.4 is 10.9 Å². The van der Waals surface area contributed by atoms with Crippen LogP contribution >= 0.6 is 0 Å². The molecule has 0 aliphatic rings. The third kappa shape index (κ3) is 4.41. The normalized spacial score (nSPS) is 10.5. The number of rotatable bonds is 5. The van der Waals surface area contributed by atoms with E-state index >= 15 is 0 Å². The molecule has 0 atom stereocenters. The van der Waals surface area contributed by atoms with Crippen molar-refractivity contribution in [3.63, 3.8) is 0 Å². The fourth-order valence-corrected chi connectivity index (χ4v) is 1.71. The fraction of sp³-hybridized carbons (Fsp3) is 0.0667. The number of non-ortho nitro benzene ring substituents is 1. The van der Waals surface area contributed by atoms with Crippen LogP contribution in [0.25, 0.3) is 6.08 Å². The third-order valence-corrected chi connectivity index (χ3v) is 2.82. The highest BCUT2D eigenvalue weighted by Gasteiger charge is 2.04. The summed E-state index contributed by atoms with van der Waals surface area (Å²) in [6.45, 7) is 0.273. The second kappa shape index (κ2) is 6.98. The van der Waals surface area contributed by atoms with Crippen molar-refractivity contribution in [3.05, 3.63) is 80.3 Å². The first-order valence-electron chi connectivity index (χ1n) is 6.42. The van der Waals surface area contributed by atoms with Gasteiger partial charge < -0.3 is 10.3 Å². The quantitative estimate of drug-likeness (QED) is 0.497. The smallest absolute Gasteiger partial charge is 0.270 e. The largest absolute Gasteiger partial charge is 0.348 e. The summed E-state index contributed by atoms with van der Waals surface area (Å²) in [7, 11) is 0. The minimum atomic E-state index is -0.492. The molecular formula is C15H13N3O4. The van der Waals surface area contributed by atoms with Crippen LogP contribution in [-0.2, 0) is 11.3 Å². The minimum Gasteiger partial charge on any atom is -0.348 e. The van der Waals surface area contributed by atoms with Crippen LogP contribution in [0, 0.1) is 10.1 Å². The van der Waals surface area contributed by atoms with E-state index in [1.54, 1.807) is 18.2 Å². The number of hydrogen-bond donors (Lipinski definition) is 2. The van der Waals surface area contributed by atoms with Crippen molar-refractivity contribution >= 4 is 17.7 Å². The lowest BCUT2D eigenvalue weighted by molar-refractivity contribution is -0.384. The van der Waals surface area contributed by atoms with Gasteiger partial charge in [-0.05, 0) is 17.2 Å². The fourth-order valence-electron chi connectivity index (χ4n) is 1.71. The molecule has 1 aromatic heterocycles. The van der Waals surface area contributed by atoms with Gasteiger partial charge in [0, 0.05) is 37.0 Å². The van der Waals surface area contributed by atoms with Crippen LogP contribution in [0.2, 0.25) is 0 Å². The van der Waals surface area contributed by atoms with Gasteiger partial charge in [-0.2, -0.15) is 0 Å². The van der Waals surface area contributed by atoms with E-state index < -0.39 is 4.92 Å². The highest BCUT2D eigenvalue weighted by atomic mass is 16.6. The maximum Gasteiger partial charge on any atom is 0.270 e. The molecule has 2 N–H and O–H groups in total. The zero-order valence-corrected chi connectivity index (χ0v) is 11.5. The lowest BCUT2D eigenvalue weighted by Gasteiger charge is -2.01. The number of nitrogens with one attached hydrogen (secondary N) is 2. The lowest BCUT2D eigenvalue weighted by atomic mass is 10.2. The van der Waals surface area contributed by atoms with Crippen molar-refractivity contribution in [2.75, 3.05) is 0 Å². The molecule has 0 aliphatic heterocycles. The molecule has 0 unspecified atom stereocenters. The lowest BCUT2D eigenvalue weighted by Crippen LogP contribution is -2.20. The Morgan fingerprint density at radius 3 is 2.82 bits per heavy atom. The number of carbonyl (C=O) groups is 1. The monoisotopic (exact) mass is 299 g/mol. The zero-order valence-electron chi connectivity index (χ0n) is 11.5. The van der Waals surface area contributed by atoms with Crippen LogP contribution in [-0.4, -0.2) is 15.8 Å². The van der Waals surface area contributed by atoms with Gasteiger partial charge >= 0.3 is 0 Å². The summed E-state index contributed by atoms with van der Waals surface area (Å²) in [6.07, 6.45) is 4.31. The summed E-state index contributed by atoms with van der Waals surface area (Å²) in [5.74, 6) is -0.335. The van der Waals surface area contributed by atoms with Crippen molar-refractivity contribution in [3.8, 4) is 0 Å². The number of benzene rings is 1. The number of hydrogen-bond acceptors (Lipinski definition) is 4. The van der Waals surface area contributed by atoms with E-state index in [-0.39, 0.29) is 23.7 Å². The Balaban J connectivity index is 1.93. The summed E-state index contributed by atoms with van der Waals surface area (Å²) >= 11 is 0. The number of aromatic nitrogens is 1. The van der Waals surface area contributed by atoms with E-state index in [0.29, 0.717) is 5.56 Å². The summed E-state index contributed by atoms with van der Waals surface area (Å²) in [5, 5.41) is 13.3. The standard InChI is InChI=1S/C15H13N3O4/c19-14(16-9-12-5-7-15(20)17-10-12)6-4-11-2-1-3-13(8-11)18(21)22/h1-8,10H,9H2,(H,16,19)(H,17,20)/b6-4+. The van der Waals surface area contributed by atoms with Gasteiger partial charge in [0.15, 0.2) is 0 Å². The molecule has 7 nitrogen and oxygen atoms in total. The molecule has 0 saturated carbocycles. The van der Waals surface area contributed by atoms with E-state index in [0.717, 1.165) is 5.56 Å². The Hall–Kier alpha value is -3.22. The van der Waals surface area contributed by atoms with Gasteiger partial charge in [0.2, 0.25) is 11.5 Å². The number of nitro benzene ring substituents is 1. The molecule has 1 heterocycles. The molecule has 1 amide bonds. The van der Waals surface area contributed by atoms with E-state index in [9.17, 15) is 19.7 Å². The Morgan fingerprint density at radius 1 is 1.32 bits per heavy atom. The number of pyridine rings is 1. The van der Waals surface area contributed by atoms with Crippen LogP contribution in [0.3, 0.4) is 0 Å². The number of nitro groups is 1. The third-order valence-electron chi connectivity index (χ3n) is 2.82. The number of H-pyrrole nitrogens is 1. The van der Waals surface area contributed by atoms with Gasteiger partial charge in [0.25, 0.3) is 5.69 Å². The molecule has 2 rings (SSSR count). The molecule has 0 aliphatic carbocycles. The molecule has 0 fully saturated rings. The molecule has 0 saturated heterocycles. The molecule has 0 radical (unpaired) electrons. The highest BCUT2D eigenvalue weighted by Crippen LogP contribution is 2.13. The molecule has 0 spiro atoms.